The van der Waals surface area contributed by atoms with Gasteiger partial charge in [-0.2, -0.15) is 0 Å². The third-order valence-electron chi connectivity index (χ3n) is 3.68. The number of aryl methyl sites for hydroxylation is 1. The van der Waals surface area contributed by atoms with Crippen molar-refractivity contribution in [1.29, 1.82) is 0 Å². The molecule has 0 heterocycles. The number of hydrogen-bond acceptors (Lipinski definition) is 3. The maximum atomic E-state index is 13.5. The van der Waals surface area contributed by atoms with Crippen molar-refractivity contribution in [2.75, 3.05) is 24.7 Å². The van der Waals surface area contributed by atoms with Gasteiger partial charge in [0.1, 0.15) is 5.82 Å². The van der Waals surface area contributed by atoms with E-state index < -0.39 is 0 Å². The van der Waals surface area contributed by atoms with E-state index in [-0.39, 0.29) is 30.6 Å². The van der Waals surface area contributed by atoms with Gasteiger partial charge in [-0.1, -0.05) is 28.1 Å². The summed E-state index contributed by atoms with van der Waals surface area (Å²) in [5.74, 6) is -0.246. The molecule has 0 spiro atoms. The third kappa shape index (κ3) is 6.14. The Labute approximate surface area is 165 Å². The molecule has 0 aliphatic heterocycles. The van der Waals surface area contributed by atoms with Crippen molar-refractivity contribution in [2.24, 2.45) is 0 Å². The normalized spacial score (nSPS) is 10.5. The maximum Gasteiger partial charge on any atom is 0.243 e. The minimum absolute atomic E-state index is 0.0291. The van der Waals surface area contributed by atoms with E-state index in [4.69, 9.17) is 0 Å². The lowest BCUT2D eigenvalue weighted by Crippen LogP contribution is -2.35. The van der Waals surface area contributed by atoms with Crippen LogP contribution in [0.4, 0.5) is 10.1 Å². The van der Waals surface area contributed by atoms with E-state index >= 15 is 0 Å². The molecular weight excluding hydrogens is 419 g/mol. The molecule has 138 valence electrons. The Hall–Kier alpha value is -1.86. The summed E-state index contributed by atoms with van der Waals surface area (Å²) in [5, 5.41) is 2.80. The number of anilines is 1. The molecular formula is C19H20BrFN2O2S. The van der Waals surface area contributed by atoms with Crippen LogP contribution in [0.5, 0.6) is 0 Å². The van der Waals surface area contributed by atoms with Gasteiger partial charge in [0.2, 0.25) is 11.8 Å². The van der Waals surface area contributed by atoms with Gasteiger partial charge in [0.05, 0.1) is 6.54 Å². The van der Waals surface area contributed by atoms with E-state index in [1.165, 1.54) is 22.7 Å². The molecule has 0 aliphatic rings. The average Bonchev–Trinajstić information content (AvgIpc) is 2.59. The quantitative estimate of drug-likeness (QED) is 0.648. The lowest BCUT2D eigenvalue weighted by molar-refractivity contribution is -0.132. The van der Waals surface area contributed by atoms with Gasteiger partial charge in [-0.3, -0.25) is 9.59 Å². The predicted octanol–water partition coefficient (Wildman–Crippen LogP) is 4.48. The smallest absolute Gasteiger partial charge is 0.243 e. The molecule has 0 saturated heterocycles. The Bertz CT molecular complexity index is 801. The zero-order chi connectivity index (χ0) is 19.1. The summed E-state index contributed by atoms with van der Waals surface area (Å²) in [6.45, 7) is 1.87. The molecule has 0 radical (unpaired) electrons. The Morgan fingerprint density at radius 1 is 1.23 bits per heavy atom. The van der Waals surface area contributed by atoms with Crippen LogP contribution in [0, 0.1) is 12.7 Å². The highest BCUT2D eigenvalue weighted by molar-refractivity contribution is 9.10. The molecule has 2 aromatic rings. The summed E-state index contributed by atoms with van der Waals surface area (Å²) in [4.78, 5) is 26.2. The second kappa shape index (κ2) is 9.73. The van der Waals surface area contributed by atoms with Crippen molar-refractivity contribution in [3.8, 4) is 0 Å². The zero-order valence-corrected chi connectivity index (χ0v) is 17.0. The molecule has 0 aromatic heterocycles. The number of likely N-dealkylation sites (N-methyl/N-ethyl adjacent to an activating group) is 1. The lowest BCUT2D eigenvalue weighted by atomic mass is 10.2. The van der Waals surface area contributed by atoms with E-state index in [9.17, 15) is 14.0 Å². The van der Waals surface area contributed by atoms with Crippen molar-refractivity contribution in [2.45, 2.75) is 18.2 Å². The van der Waals surface area contributed by atoms with Crippen LogP contribution in [0.3, 0.4) is 0 Å². The fraction of sp³-hybridized carbons (Fsp3) is 0.263. The van der Waals surface area contributed by atoms with Crippen LogP contribution in [0.25, 0.3) is 0 Å². The fourth-order valence-corrected chi connectivity index (χ4v) is 3.61. The molecule has 0 unspecified atom stereocenters. The first-order valence-electron chi connectivity index (χ1n) is 8.04. The first-order valence-corrected chi connectivity index (χ1v) is 9.82. The minimum atomic E-state index is -0.289. The van der Waals surface area contributed by atoms with Gasteiger partial charge in [0.15, 0.2) is 0 Å². The summed E-state index contributed by atoms with van der Waals surface area (Å²) in [7, 11) is 1.59. The van der Waals surface area contributed by atoms with Crippen LogP contribution in [0.1, 0.15) is 12.0 Å². The molecule has 0 saturated carbocycles. The zero-order valence-electron chi connectivity index (χ0n) is 14.6. The van der Waals surface area contributed by atoms with Crippen LogP contribution in [0.2, 0.25) is 0 Å². The van der Waals surface area contributed by atoms with Crippen molar-refractivity contribution in [3.63, 3.8) is 0 Å². The highest BCUT2D eigenvalue weighted by Gasteiger charge is 2.14. The van der Waals surface area contributed by atoms with E-state index in [1.54, 1.807) is 25.2 Å². The van der Waals surface area contributed by atoms with Crippen molar-refractivity contribution in [1.82, 2.24) is 4.90 Å². The van der Waals surface area contributed by atoms with Gasteiger partial charge in [-0.25, -0.2) is 4.39 Å². The van der Waals surface area contributed by atoms with Crippen LogP contribution >= 0.6 is 27.7 Å². The molecule has 0 fully saturated rings. The van der Waals surface area contributed by atoms with Crippen LogP contribution in [-0.2, 0) is 9.59 Å². The number of halogens is 2. The molecule has 2 aromatic carbocycles. The van der Waals surface area contributed by atoms with E-state index in [0.29, 0.717) is 16.3 Å². The highest BCUT2D eigenvalue weighted by atomic mass is 79.9. The van der Waals surface area contributed by atoms with Gasteiger partial charge in [0, 0.05) is 34.3 Å². The maximum absolute atomic E-state index is 13.5. The number of nitrogens with zero attached hydrogens (tertiary/aromatic N) is 1. The summed E-state index contributed by atoms with van der Waals surface area (Å²) in [5.41, 5.74) is 1.65. The second-order valence-electron chi connectivity index (χ2n) is 5.79. The Morgan fingerprint density at radius 2 is 1.96 bits per heavy atom. The Morgan fingerprint density at radius 3 is 2.65 bits per heavy atom. The highest BCUT2D eigenvalue weighted by Crippen LogP contribution is 2.22. The number of benzene rings is 2. The summed E-state index contributed by atoms with van der Waals surface area (Å²) < 4.78 is 14.5. The number of thioether (sulfide) groups is 1. The summed E-state index contributed by atoms with van der Waals surface area (Å²) in [6.07, 6.45) is 0.236. The third-order valence-corrected chi connectivity index (χ3v) is 5.22. The molecule has 0 aliphatic carbocycles. The molecule has 4 nitrogen and oxygen atoms in total. The average molecular weight is 439 g/mol. The monoisotopic (exact) mass is 438 g/mol. The van der Waals surface area contributed by atoms with E-state index in [2.05, 4.69) is 21.2 Å². The van der Waals surface area contributed by atoms with Crippen molar-refractivity contribution in [3.05, 3.63) is 58.3 Å². The molecule has 2 amide bonds. The number of nitrogens with one attached hydrogen (secondary N) is 1. The largest absolute Gasteiger partial charge is 0.336 e. The number of carbonyl (C=O) groups is 2. The first kappa shape index (κ1) is 20.5. The van der Waals surface area contributed by atoms with Gasteiger partial charge < -0.3 is 10.2 Å². The first-order chi connectivity index (χ1) is 12.4. The Kier molecular flexibility index (Phi) is 7.66. The van der Waals surface area contributed by atoms with Gasteiger partial charge in [0.25, 0.3) is 0 Å². The molecule has 26 heavy (non-hydrogen) atoms. The van der Waals surface area contributed by atoms with E-state index in [1.807, 2.05) is 25.1 Å². The summed E-state index contributed by atoms with van der Waals surface area (Å²) >= 11 is 4.67. The molecule has 0 bridgehead atoms. The predicted molar refractivity (Wildman–Crippen MR) is 107 cm³/mol. The second-order valence-corrected chi connectivity index (χ2v) is 7.84. The topological polar surface area (TPSA) is 49.4 Å². The standard InChI is InChI=1S/C19H20BrFN2O2S/c1-13-11-14(20)7-8-16(13)22-18(24)12-23(2)19(25)9-10-26-17-6-4-3-5-15(17)21/h3-8,11H,9-10,12H2,1-2H3,(H,22,24). The number of rotatable bonds is 7. The molecule has 0 atom stereocenters. The van der Waals surface area contributed by atoms with Gasteiger partial charge in [-0.15, -0.1) is 11.8 Å². The van der Waals surface area contributed by atoms with Crippen LogP contribution < -0.4 is 5.32 Å². The minimum Gasteiger partial charge on any atom is -0.336 e. The van der Waals surface area contributed by atoms with Crippen molar-refractivity contribution >= 4 is 45.2 Å². The Balaban J connectivity index is 1.79. The number of carbonyl (C=O) groups excluding carboxylic acids is 2. The molecule has 7 heteroatoms. The number of amides is 2. The fourth-order valence-electron chi connectivity index (χ4n) is 2.26. The molecule has 2 rings (SSSR count). The van der Waals surface area contributed by atoms with E-state index in [0.717, 1.165) is 10.0 Å². The number of hydrogen-bond donors (Lipinski definition) is 1. The molecule has 1 N–H and O–H groups in total. The van der Waals surface area contributed by atoms with Crippen molar-refractivity contribution < 1.29 is 14.0 Å². The SMILES string of the molecule is Cc1cc(Br)ccc1NC(=O)CN(C)C(=O)CCSc1ccccc1F. The summed E-state index contributed by atoms with van der Waals surface area (Å²) in [6, 6.07) is 12.0. The lowest BCUT2D eigenvalue weighted by Gasteiger charge is -2.17. The van der Waals surface area contributed by atoms with Crippen LogP contribution in [-0.4, -0.2) is 36.1 Å². The van der Waals surface area contributed by atoms with Crippen LogP contribution in [0.15, 0.2) is 51.8 Å². The van der Waals surface area contributed by atoms with Gasteiger partial charge in [-0.05, 0) is 42.8 Å². The van der Waals surface area contributed by atoms with Gasteiger partial charge >= 0.3 is 0 Å².